The van der Waals surface area contributed by atoms with E-state index in [1.54, 1.807) is 30.5 Å². The number of sulfonamides is 1. The van der Waals surface area contributed by atoms with Crippen LogP contribution in [0.25, 0.3) is 11.7 Å². The first-order chi connectivity index (χ1) is 12.5. The Labute approximate surface area is 159 Å². The van der Waals surface area contributed by atoms with E-state index in [-0.39, 0.29) is 4.21 Å². The van der Waals surface area contributed by atoms with Gasteiger partial charge in [-0.25, -0.2) is 8.42 Å². The maximum absolute atomic E-state index is 12.6. The topological polar surface area (TPSA) is 93.9 Å². The number of hydrogen-bond acceptors (Lipinski definition) is 7. The summed E-state index contributed by atoms with van der Waals surface area (Å²) in [4.78, 5) is 1.19. The third-order valence-corrected chi connectivity index (χ3v) is 7.77. The molecule has 4 rings (SSSR count). The summed E-state index contributed by atoms with van der Waals surface area (Å²) in [6.07, 6.45) is 1.55. The lowest BCUT2D eigenvalue weighted by Crippen LogP contribution is -3.13. The summed E-state index contributed by atoms with van der Waals surface area (Å²) in [6.45, 7) is 2.75. The molecule has 1 aliphatic heterocycles. The highest BCUT2D eigenvalue weighted by Crippen LogP contribution is 2.28. The van der Waals surface area contributed by atoms with Gasteiger partial charge in [-0.1, -0.05) is 11.6 Å². The van der Waals surface area contributed by atoms with Crippen molar-refractivity contribution in [3.8, 4) is 11.7 Å². The summed E-state index contributed by atoms with van der Waals surface area (Å²) in [6, 6.07) is 6.67. The Hall–Kier alpha value is -1.72. The minimum atomic E-state index is -3.47. The molecule has 8 nitrogen and oxygen atoms in total. The summed E-state index contributed by atoms with van der Waals surface area (Å²) < 4.78 is 38.3. The summed E-state index contributed by atoms with van der Waals surface area (Å²) in [7, 11) is -3.47. The van der Waals surface area contributed by atoms with E-state index in [2.05, 4.69) is 10.2 Å². The van der Waals surface area contributed by atoms with E-state index < -0.39 is 10.0 Å². The van der Waals surface area contributed by atoms with Crippen molar-refractivity contribution >= 4 is 33.0 Å². The highest BCUT2D eigenvalue weighted by atomic mass is 35.5. The van der Waals surface area contributed by atoms with Crippen LogP contribution in [-0.4, -0.2) is 49.1 Å². The molecule has 0 unspecified atom stereocenters. The molecule has 1 saturated heterocycles. The molecule has 0 bridgehead atoms. The van der Waals surface area contributed by atoms with Crippen LogP contribution in [0, 0.1) is 0 Å². The monoisotopic (exact) mass is 415 g/mol. The normalized spacial score (nSPS) is 17.0. The molecule has 4 heterocycles. The quantitative estimate of drug-likeness (QED) is 0.671. The lowest BCUT2D eigenvalue weighted by atomic mass is 10.3. The van der Waals surface area contributed by atoms with Gasteiger partial charge in [0.2, 0.25) is 0 Å². The van der Waals surface area contributed by atoms with Crippen molar-refractivity contribution in [3.05, 3.63) is 40.8 Å². The van der Waals surface area contributed by atoms with Crippen LogP contribution in [0.15, 0.2) is 43.6 Å². The van der Waals surface area contributed by atoms with Crippen LogP contribution in [0.4, 0.5) is 0 Å². The van der Waals surface area contributed by atoms with Crippen molar-refractivity contribution in [3.63, 3.8) is 0 Å². The lowest BCUT2D eigenvalue weighted by Gasteiger charge is -2.30. The Morgan fingerprint density at radius 3 is 2.69 bits per heavy atom. The molecule has 11 heteroatoms. The van der Waals surface area contributed by atoms with Crippen molar-refractivity contribution in [1.82, 2.24) is 14.5 Å². The molecule has 1 fully saturated rings. The van der Waals surface area contributed by atoms with Crippen LogP contribution >= 0.6 is 22.9 Å². The van der Waals surface area contributed by atoms with E-state index in [1.165, 1.54) is 9.21 Å². The highest BCUT2D eigenvalue weighted by molar-refractivity contribution is 7.91. The Morgan fingerprint density at radius 2 is 2.04 bits per heavy atom. The predicted molar refractivity (Wildman–Crippen MR) is 94.5 cm³/mol. The lowest BCUT2D eigenvalue weighted by molar-refractivity contribution is -0.918. The fourth-order valence-electron chi connectivity index (χ4n) is 2.82. The van der Waals surface area contributed by atoms with E-state index >= 15 is 0 Å². The zero-order chi connectivity index (χ0) is 18.1. The van der Waals surface area contributed by atoms with Gasteiger partial charge in [0.1, 0.15) is 4.21 Å². The SMILES string of the molecule is O=S(=O)(c1ccc(Cl)s1)N1CC[NH+](Cc2nnc(-c3ccco3)o2)CC1. The fraction of sp³-hybridized carbons (Fsp3) is 0.333. The van der Waals surface area contributed by atoms with Gasteiger partial charge in [-0.3, -0.25) is 0 Å². The second-order valence-corrected chi connectivity index (χ2v) is 9.75. The van der Waals surface area contributed by atoms with Crippen molar-refractivity contribution < 1.29 is 22.2 Å². The van der Waals surface area contributed by atoms with E-state index in [9.17, 15) is 8.42 Å². The first-order valence-electron chi connectivity index (χ1n) is 7.98. The van der Waals surface area contributed by atoms with Crippen LogP contribution < -0.4 is 4.90 Å². The van der Waals surface area contributed by atoms with Crippen LogP contribution in [0.5, 0.6) is 0 Å². The van der Waals surface area contributed by atoms with Gasteiger partial charge in [0, 0.05) is 0 Å². The van der Waals surface area contributed by atoms with E-state index in [4.69, 9.17) is 20.4 Å². The van der Waals surface area contributed by atoms with Crippen LogP contribution in [0.3, 0.4) is 0 Å². The number of hydrogen-bond donors (Lipinski definition) is 1. The third-order valence-electron chi connectivity index (χ3n) is 4.17. The highest BCUT2D eigenvalue weighted by Gasteiger charge is 2.32. The summed E-state index contributed by atoms with van der Waals surface area (Å²) in [5.74, 6) is 1.39. The smallest absolute Gasteiger partial charge is 0.283 e. The zero-order valence-corrected chi connectivity index (χ0v) is 16.0. The van der Waals surface area contributed by atoms with Crippen molar-refractivity contribution in [2.75, 3.05) is 26.2 Å². The maximum atomic E-state index is 12.6. The average molecular weight is 416 g/mol. The van der Waals surface area contributed by atoms with Gasteiger partial charge < -0.3 is 13.7 Å². The Bertz CT molecular complexity index is 975. The Morgan fingerprint density at radius 1 is 1.23 bits per heavy atom. The maximum Gasteiger partial charge on any atom is 0.283 e. The molecule has 3 aromatic heterocycles. The molecule has 26 heavy (non-hydrogen) atoms. The molecule has 138 valence electrons. The van der Waals surface area contributed by atoms with E-state index in [1.807, 2.05) is 0 Å². The molecule has 0 radical (unpaired) electrons. The van der Waals surface area contributed by atoms with Gasteiger partial charge in [0.25, 0.3) is 21.8 Å². The van der Waals surface area contributed by atoms with Crippen LogP contribution in [0.1, 0.15) is 5.89 Å². The van der Waals surface area contributed by atoms with Crippen LogP contribution in [0.2, 0.25) is 4.34 Å². The third kappa shape index (κ3) is 3.55. The molecule has 0 aromatic carbocycles. The summed E-state index contributed by atoms with van der Waals surface area (Å²) in [5, 5.41) is 8.02. The predicted octanol–water partition coefficient (Wildman–Crippen LogP) is 1.13. The van der Waals surface area contributed by atoms with Gasteiger partial charge >= 0.3 is 0 Å². The Balaban J connectivity index is 1.37. The van der Waals surface area contributed by atoms with Gasteiger partial charge in [-0.15, -0.1) is 21.5 Å². The molecular weight excluding hydrogens is 400 g/mol. The average Bonchev–Trinajstić information content (AvgIpc) is 3.36. The molecule has 1 aliphatic rings. The van der Waals surface area contributed by atoms with Gasteiger partial charge in [0.05, 0.1) is 36.8 Å². The molecule has 0 amide bonds. The number of quaternary nitrogens is 1. The van der Waals surface area contributed by atoms with E-state index in [0.29, 0.717) is 54.6 Å². The number of furan rings is 1. The largest absolute Gasteiger partial charge is 0.459 e. The van der Waals surface area contributed by atoms with Gasteiger partial charge in [-0.2, -0.15) is 4.31 Å². The summed E-state index contributed by atoms with van der Waals surface area (Å²) in [5.41, 5.74) is 0. The van der Waals surface area contributed by atoms with Gasteiger partial charge in [0.15, 0.2) is 12.3 Å². The minimum Gasteiger partial charge on any atom is -0.459 e. The first-order valence-corrected chi connectivity index (χ1v) is 10.6. The molecule has 0 aliphatic carbocycles. The molecule has 0 atom stereocenters. The Kier molecular flexibility index (Phi) is 4.84. The molecule has 0 saturated carbocycles. The molecule has 0 spiro atoms. The molecule has 3 aromatic rings. The van der Waals surface area contributed by atoms with Crippen LogP contribution in [-0.2, 0) is 16.6 Å². The van der Waals surface area contributed by atoms with E-state index in [0.717, 1.165) is 11.3 Å². The second kappa shape index (κ2) is 7.12. The fourth-order valence-corrected chi connectivity index (χ4v) is 5.90. The summed E-state index contributed by atoms with van der Waals surface area (Å²) >= 11 is 6.94. The number of thiophene rings is 1. The number of rotatable bonds is 5. The van der Waals surface area contributed by atoms with Crippen molar-refractivity contribution in [1.29, 1.82) is 0 Å². The number of halogens is 1. The zero-order valence-electron chi connectivity index (χ0n) is 13.6. The number of nitrogens with one attached hydrogen (secondary N) is 1. The molecular formula is C15H16ClN4O4S2+. The standard InChI is InChI=1S/C15H15ClN4O4S2/c16-12-3-4-14(25-12)26(21,22)20-7-5-19(6-8-20)10-13-17-18-15(24-13)11-2-1-9-23-11/h1-4,9H,5-8,10H2/p+1. The van der Waals surface area contributed by atoms with Crippen molar-refractivity contribution in [2.24, 2.45) is 0 Å². The number of aromatic nitrogens is 2. The number of piperazine rings is 1. The van der Waals surface area contributed by atoms with Crippen molar-refractivity contribution in [2.45, 2.75) is 10.8 Å². The van der Waals surface area contributed by atoms with Gasteiger partial charge in [-0.05, 0) is 24.3 Å². The number of nitrogens with zero attached hydrogens (tertiary/aromatic N) is 3. The minimum absolute atomic E-state index is 0.283. The molecule has 1 N–H and O–H groups in total. The first kappa shape index (κ1) is 17.7. The second-order valence-electron chi connectivity index (χ2n) is 5.87.